The van der Waals surface area contributed by atoms with E-state index in [1.807, 2.05) is 0 Å². The number of hydrogen-bond acceptors (Lipinski definition) is 4. The molecule has 112 valence electrons. The second-order valence-electron chi connectivity index (χ2n) is 5.26. The molecule has 0 N–H and O–H groups in total. The highest BCUT2D eigenvalue weighted by Gasteiger charge is 2.15. The molecule has 1 aliphatic heterocycles. The van der Waals surface area contributed by atoms with Crippen LogP contribution in [0.1, 0.15) is 18.4 Å². The van der Waals surface area contributed by atoms with Crippen molar-refractivity contribution < 1.29 is 9.53 Å². The van der Waals surface area contributed by atoms with Crippen molar-refractivity contribution in [3.8, 4) is 11.8 Å². The van der Waals surface area contributed by atoms with Crippen molar-refractivity contribution >= 4 is 5.91 Å². The number of para-hydroxylation sites is 1. The molecule has 21 heavy (non-hydrogen) atoms. The average Bonchev–Trinajstić information content (AvgIpc) is 3.03. The third-order valence-electron chi connectivity index (χ3n) is 3.73. The van der Waals surface area contributed by atoms with Gasteiger partial charge in [-0.2, -0.15) is 5.26 Å². The molecule has 5 nitrogen and oxygen atoms in total. The van der Waals surface area contributed by atoms with E-state index in [1.54, 1.807) is 36.2 Å². The Balaban J connectivity index is 1.76. The fourth-order valence-electron chi connectivity index (χ4n) is 2.36. The molecule has 1 aromatic carbocycles. The SMILES string of the molecule is CN(CCN1CCCC1)C(=O)COc1ccccc1C#N. The van der Waals surface area contributed by atoms with Crippen LogP contribution in [0.3, 0.4) is 0 Å². The molecule has 5 heteroatoms. The normalized spacial score (nSPS) is 14.7. The fourth-order valence-corrected chi connectivity index (χ4v) is 2.36. The van der Waals surface area contributed by atoms with Gasteiger partial charge in [-0.15, -0.1) is 0 Å². The highest BCUT2D eigenvalue weighted by molar-refractivity contribution is 5.77. The summed E-state index contributed by atoms with van der Waals surface area (Å²) in [5, 5.41) is 8.97. The van der Waals surface area contributed by atoms with Crippen molar-refractivity contribution in [2.45, 2.75) is 12.8 Å². The molecule has 0 spiro atoms. The molecular formula is C16H21N3O2. The third kappa shape index (κ3) is 4.47. The van der Waals surface area contributed by atoms with Gasteiger partial charge in [-0.3, -0.25) is 4.79 Å². The lowest BCUT2D eigenvalue weighted by atomic mass is 10.2. The molecule has 0 saturated carbocycles. The van der Waals surface area contributed by atoms with Crippen LogP contribution in [0.25, 0.3) is 0 Å². The first-order valence-electron chi connectivity index (χ1n) is 7.29. The van der Waals surface area contributed by atoms with E-state index in [4.69, 9.17) is 10.00 Å². The Labute approximate surface area is 125 Å². The summed E-state index contributed by atoms with van der Waals surface area (Å²) in [7, 11) is 1.79. The van der Waals surface area contributed by atoms with Crippen LogP contribution in [0.4, 0.5) is 0 Å². The van der Waals surface area contributed by atoms with Crippen molar-refractivity contribution in [3.63, 3.8) is 0 Å². The zero-order valence-corrected chi connectivity index (χ0v) is 12.4. The quantitative estimate of drug-likeness (QED) is 0.795. The van der Waals surface area contributed by atoms with Crippen LogP contribution >= 0.6 is 0 Å². The summed E-state index contributed by atoms with van der Waals surface area (Å²) in [5.41, 5.74) is 0.449. The van der Waals surface area contributed by atoms with Crippen LogP contribution in [-0.4, -0.2) is 55.5 Å². The maximum atomic E-state index is 12.0. The molecule has 1 saturated heterocycles. The highest BCUT2D eigenvalue weighted by atomic mass is 16.5. The predicted octanol–water partition coefficient (Wildman–Crippen LogP) is 1.49. The van der Waals surface area contributed by atoms with Crippen molar-refractivity contribution in [1.29, 1.82) is 5.26 Å². The minimum Gasteiger partial charge on any atom is -0.482 e. The first-order valence-corrected chi connectivity index (χ1v) is 7.29. The molecule has 0 bridgehead atoms. The van der Waals surface area contributed by atoms with Gasteiger partial charge >= 0.3 is 0 Å². The predicted molar refractivity (Wildman–Crippen MR) is 80.0 cm³/mol. The van der Waals surface area contributed by atoms with Gasteiger partial charge in [0.25, 0.3) is 5.91 Å². The Morgan fingerprint density at radius 1 is 1.38 bits per heavy atom. The topological polar surface area (TPSA) is 56.6 Å². The molecule has 0 atom stereocenters. The molecule has 0 aromatic heterocycles. The van der Waals surface area contributed by atoms with Crippen LogP contribution in [-0.2, 0) is 4.79 Å². The van der Waals surface area contributed by atoms with Gasteiger partial charge in [-0.05, 0) is 38.1 Å². The number of carbonyl (C=O) groups is 1. The first-order chi connectivity index (χ1) is 10.2. The van der Waals surface area contributed by atoms with Crippen molar-refractivity contribution in [3.05, 3.63) is 29.8 Å². The Bertz CT molecular complexity index is 518. The summed E-state index contributed by atoms with van der Waals surface area (Å²) in [5.74, 6) is 0.392. The van der Waals surface area contributed by atoms with Gasteiger partial charge < -0.3 is 14.5 Å². The van der Waals surface area contributed by atoms with Gasteiger partial charge in [0.05, 0.1) is 5.56 Å². The smallest absolute Gasteiger partial charge is 0.260 e. The fraction of sp³-hybridized carbons (Fsp3) is 0.500. The lowest BCUT2D eigenvalue weighted by molar-refractivity contribution is -0.132. The number of nitrogens with zero attached hydrogens (tertiary/aromatic N) is 3. The van der Waals surface area contributed by atoms with Gasteiger partial charge in [-0.1, -0.05) is 12.1 Å². The van der Waals surface area contributed by atoms with Crippen LogP contribution in [0.15, 0.2) is 24.3 Å². The Morgan fingerprint density at radius 3 is 2.81 bits per heavy atom. The molecule has 1 aliphatic rings. The second kappa shape index (κ2) is 7.65. The van der Waals surface area contributed by atoms with E-state index in [0.717, 1.165) is 19.6 Å². The second-order valence-corrected chi connectivity index (χ2v) is 5.26. The number of benzene rings is 1. The van der Waals surface area contributed by atoms with Gasteiger partial charge in [0, 0.05) is 20.1 Å². The van der Waals surface area contributed by atoms with Crippen molar-refractivity contribution in [2.24, 2.45) is 0 Å². The number of likely N-dealkylation sites (tertiary alicyclic amines) is 1. The number of amides is 1. The Hall–Kier alpha value is -2.06. The molecule has 0 radical (unpaired) electrons. The number of nitriles is 1. The van der Waals surface area contributed by atoms with Gasteiger partial charge in [0.2, 0.25) is 0 Å². The summed E-state index contributed by atoms with van der Waals surface area (Å²) < 4.78 is 5.46. The molecule has 1 aromatic rings. The number of rotatable bonds is 6. The van der Waals surface area contributed by atoms with Crippen LogP contribution < -0.4 is 4.74 Å². The third-order valence-corrected chi connectivity index (χ3v) is 3.73. The molecule has 1 fully saturated rings. The first kappa shape index (κ1) is 15.3. The molecule has 1 amide bonds. The average molecular weight is 287 g/mol. The van der Waals surface area contributed by atoms with E-state index < -0.39 is 0 Å². The minimum atomic E-state index is -0.0676. The lowest BCUT2D eigenvalue weighted by Crippen LogP contribution is -2.37. The summed E-state index contributed by atoms with van der Waals surface area (Å²) in [6.45, 7) is 3.86. The number of hydrogen-bond donors (Lipinski definition) is 0. The summed E-state index contributed by atoms with van der Waals surface area (Å²) >= 11 is 0. The Morgan fingerprint density at radius 2 is 2.10 bits per heavy atom. The summed E-state index contributed by atoms with van der Waals surface area (Å²) in [4.78, 5) is 16.1. The molecular weight excluding hydrogens is 266 g/mol. The van der Waals surface area contributed by atoms with Crippen molar-refractivity contribution in [1.82, 2.24) is 9.80 Å². The van der Waals surface area contributed by atoms with Crippen molar-refractivity contribution in [2.75, 3.05) is 39.8 Å². The van der Waals surface area contributed by atoms with E-state index in [9.17, 15) is 4.79 Å². The van der Waals surface area contributed by atoms with Crippen LogP contribution in [0.2, 0.25) is 0 Å². The summed E-state index contributed by atoms with van der Waals surface area (Å²) in [6, 6.07) is 9.00. The molecule has 0 unspecified atom stereocenters. The van der Waals surface area contributed by atoms with Gasteiger partial charge in [0.15, 0.2) is 6.61 Å². The standard InChI is InChI=1S/C16H21N3O2/c1-18(10-11-19-8-4-5-9-19)16(20)13-21-15-7-3-2-6-14(15)12-17/h2-3,6-7H,4-5,8-11,13H2,1H3. The maximum Gasteiger partial charge on any atom is 0.260 e. The number of likely N-dealkylation sites (N-methyl/N-ethyl adjacent to an activating group) is 1. The van der Waals surface area contributed by atoms with Gasteiger partial charge in [0.1, 0.15) is 11.8 Å². The number of ether oxygens (including phenoxy) is 1. The number of carbonyl (C=O) groups excluding carboxylic acids is 1. The van der Waals surface area contributed by atoms with E-state index >= 15 is 0 Å². The zero-order valence-electron chi connectivity index (χ0n) is 12.4. The van der Waals surface area contributed by atoms with E-state index in [1.165, 1.54) is 12.8 Å². The molecule has 2 rings (SSSR count). The van der Waals surface area contributed by atoms with E-state index in [2.05, 4.69) is 11.0 Å². The minimum absolute atomic E-state index is 0.0325. The van der Waals surface area contributed by atoms with E-state index in [0.29, 0.717) is 17.9 Å². The van der Waals surface area contributed by atoms with Crippen LogP contribution in [0, 0.1) is 11.3 Å². The monoisotopic (exact) mass is 287 g/mol. The largest absolute Gasteiger partial charge is 0.482 e. The molecule has 0 aliphatic carbocycles. The summed E-state index contributed by atoms with van der Waals surface area (Å²) in [6.07, 6.45) is 2.51. The van der Waals surface area contributed by atoms with Crippen LogP contribution in [0.5, 0.6) is 5.75 Å². The highest BCUT2D eigenvalue weighted by Crippen LogP contribution is 2.16. The lowest BCUT2D eigenvalue weighted by Gasteiger charge is -2.21. The Kier molecular flexibility index (Phi) is 5.59. The molecule has 1 heterocycles. The van der Waals surface area contributed by atoms with Gasteiger partial charge in [-0.25, -0.2) is 0 Å². The zero-order chi connectivity index (χ0) is 15.1. The maximum absolute atomic E-state index is 12.0. The van der Waals surface area contributed by atoms with E-state index in [-0.39, 0.29) is 12.5 Å².